The van der Waals surface area contributed by atoms with Gasteiger partial charge in [-0.2, -0.15) is 0 Å². The van der Waals surface area contributed by atoms with Crippen molar-refractivity contribution >= 4 is 5.91 Å². The molecule has 0 radical (unpaired) electrons. The smallest absolute Gasteiger partial charge is 0.217 e. The molecule has 0 bridgehead atoms. The largest absolute Gasteiger partial charge is 0.390 e. The van der Waals surface area contributed by atoms with E-state index >= 15 is 0 Å². The zero-order chi connectivity index (χ0) is 24.8. The van der Waals surface area contributed by atoms with Crippen LogP contribution in [0.5, 0.6) is 0 Å². The molecule has 1 aliphatic heterocycles. The van der Waals surface area contributed by atoms with Gasteiger partial charge in [-0.3, -0.25) is 4.79 Å². The number of carbonyl (C=O) groups is 1. The number of hydrogen-bond donors (Lipinski definition) is 2. The summed E-state index contributed by atoms with van der Waals surface area (Å²) in [5, 5.41) is 14.3. The van der Waals surface area contributed by atoms with E-state index in [1.165, 1.54) is 6.92 Å². The molecule has 7 nitrogen and oxygen atoms in total. The Balaban J connectivity index is 2.34. The molecule has 1 aliphatic rings. The van der Waals surface area contributed by atoms with Gasteiger partial charge in [0.1, 0.15) is 24.4 Å². The fourth-order valence-corrected chi connectivity index (χ4v) is 4.13. The Hall–Kier alpha value is -1.51. The van der Waals surface area contributed by atoms with Crippen molar-refractivity contribution in [3.8, 4) is 0 Å². The molecule has 0 saturated carbocycles. The molecule has 1 saturated heterocycles. The van der Waals surface area contributed by atoms with E-state index in [0.717, 1.165) is 44.1 Å². The minimum atomic E-state index is -0.818. The lowest BCUT2D eigenvalue weighted by Gasteiger charge is -2.47. The fraction of sp³-hybridized carbons (Fsp3) is 0.741. The number of ether oxygens (including phenoxy) is 4. The predicted molar refractivity (Wildman–Crippen MR) is 133 cm³/mol. The van der Waals surface area contributed by atoms with Crippen LogP contribution >= 0.6 is 0 Å². The Morgan fingerprint density at radius 2 is 1.50 bits per heavy atom. The average molecular weight is 480 g/mol. The van der Waals surface area contributed by atoms with E-state index in [4.69, 9.17) is 18.9 Å². The molecule has 0 aromatic heterocycles. The van der Waals surface area contributed by atoms with Crippen molar-refractivity contribution in [1.29, 1.82) is 0 Å². The van der Waals surface area contributed by atoms with Crippen LogP contribution in [0.15, 0.2) is 30.3 Å². The van der Waals surface area contributed by atoms with Crippen LogP contribution in [0.2, 0.25) is 0 Å². The quantitative estimate of drug-likeness (QED) is 0.349. The summed E-state index contributed by atoms with van der Waals surface area (Å²) in [7, 11) is 0. The van der Waals surface area contributed by atoms with Crippen molar-refractivity contribution in [2.75, 3.05) is 19.8 Å². The highest BCUT2D eigenvalue weighted by molar-refractivity contribution is 5.73. The molecule has 194 valence electrons. The van der Waals surface area contributed by atoms with Crippen LogP contribution in [0.25, 0.3) is 0 Å². The minimum absolute atomic E-state index is 0.183. The maximum Gasteiger partial charge on any atom is 0.217 e. The summed E-state index contributed by atoms with van der Waals surface area (Å²) in [6, 6.07) is 9.32. The third kappa shape index (κ3) is 9.27. The lowest BCUT2D eigenvalue weighted by atomic mass is 9.90. The molecule has 1 heterocycles. The number of hydrogen-bond acceptors (Lipinski definition) is 6. The first-order valence-electron chi connectivity index (χ1n) is 13.0. The topological polar surface area (TPSA) is 86.2 Å². The highest BCUT2D eigenvalue weighted by Gasteiger charge is 2.50. The Morgan fingerprint density at radius 3 is 2.06 bits per heavy atom. The number of unbranched alkanes of at least 4 members (excludes halogenated alkanes) is 3. The predicted octanol–water partition coefficient (Wildman–Crippen LogP) is 4.01. The molecule has 34 heavy (non-hydrogen) atoms. The normalized spacial score (nSPS) is 25.7. The van der Waals surface area contributed by atoms with Gasteiger partial charge in [0.25, 0.3) is 0 Å². The molecule has 1 aromatic carbocycles. The van der Waals surface area contributed by atoms with Gasteiger partial charge in [0, 0.05) is 33.2 Å². The number of aliphatic hydroxyl groups is 1. The van der Waals surface area contributed by atoms with Crippen molar-refractivity contribution in [3.05, 3.63) is 35.9 Å². The summed E-state index contributed by atoms with van der Waals surface area (Å²) in [5.74, 6) is -0.183. The van der Waals surface area contributed by atoms with Crippen LogP contribution < -0.4 is 5.32 Å². The van der Waals surface area contributed by atoms with Crippen LogP contribution in [0, 0.1) is 0 Å². The monoisotopic (exact) mass is 479 g/mol. The van der Waals surface area contributed by atoms with Crippen molar-refractivity contribution < 1.29 is 28.8 Å². The lowest BCUT2D eigenvalue weighted by molar-refractivity contribution is -0.295. The molecule has 0 spiro atoms. The van der Waals surface area contributed by atoms with E-state index in [2.05, 4.69) is 26.1 Å². The molecule has 6 atom stereocenters. The van der Waals surface area contributed by atoms with Crippen molar-refractivity contribution in [2.24, 2.45) is 0 Å². The number of amides is 1. The number of nitrogens with one attached hydrogen (secondary N) is 1. The van der Waals surface area contributed by atoms with Crippen molar-refractivity contribution in [1.82, 2.24) is 5.32 Å². The van der Waals surface area contributed by atoms with Crippen LogP contribution in [0.4, 0.5) is 0 Å². The van der Waals surface area contributed by atoms with Gasteiger partial charge in [-0.05, 0) is 24.8 Å². The van der Waals surface area contributed by atoms with E-state index in [0.29, 0.717) is 26.2 Å². The summed E-state index contributed by atoms with van der Waals surface area (Å²) < 4.78 is 25.1. The minimum Gasteiger partial charge on any atom is -0.390 e. The first kappa shape index (κ1) is 28.7. The van der Waals surface area contributed by atoms with Gasteiger partial charge in [0.15, 0.2) is 6.29 Å². The first-order chi connectivity index (χ1) is 16.5. The SMILES string of the molecule is CCCCOC1O[C@H](C(O)Cc2ccccc2)[C@H](OCCCC)[C@@H](OCCCC)[C@@H]1NC(C)=O. The highest BCUT2D eigenvalue weighted by atomic mass is 16.7. The number of rotatable bonds is 16. The first-order valence-corrected chi connectivity index (χ1v) is 13.0. The van der Waals surface area contributed by atoms with Crippen LogP contribution in [-0.2, 0) is 30.2 Å². The van der Waals surface area contributed by atoms with Crippen molar-refractivity contribution in [2.45, 2.75) is 109 Å². The molecule has 2 N–H and O–H groups in total. The molecular formula is C27H45NO6. The average Bonchev–Trinajstić information content (AvgIpc) is 2.82. The standard InChI is InChI=1S/C27H45NO6/c1-5-8-16-31-25-23(28-20(4)29)27(33-18-10-7-3)34-24(26(25)32-17-9-6-2)22(30)19-21-14-12-11-13-15-21/h11-15,22-27,30H,5-10,16-19H2,1-4H3,(H,28,29)/t22?,23-,24+,25-,26-,27?/m0/s1. The Morgan fingerprint density at radius 1 is 0.941 bits per heavy atom. The Labute approximate surface area is 205 Å². The van der Waals surface area contributed by atoms with E-state index in [9.17, 15) is 9.90 Å². The van der Waals surface area contributed by atoms with Crippen LogP contribution in [-0.4, -0.2) is 67.6 Å². The molecule has 7 heteroatoms. The third-order valence-corrected chi connectivity index (χ3v) is 6.02. The van der Waals surface area contributed by atoms with Gasteiger partial charge >= 0.3 is 0 Å². The number of aliphatic hydroxyl groups excluding tert-OH is 1. The van der Waals surface area contributed by atoms with Crippen molar-refractivity contribution in [3.63, 3.8) is 0 Å². The van der Waals surface area contributed by atoms with Gasteiger partial charge in [0.2, 0.25) is 5.91 Å². The zero-order valence-corrected chi connectivity index (χ0v) is 21.4. The zero-order valence-electron chi connectivity index (χ0n) is 21.4. The highest BCUT2D eigenvalue weighted by Crippen LogP contribution is 2.30. The Bertz CT molecular complexity index is 672. The summed E-state index contributed by atoms with van der Waals surface area (Å²) in [5.41, 5.74) is 1.02. The van der Waals surface area contributed by atoms with Gasteiger partial charge in [-0.1, -0.05) is 70.4 Å². The van der Waals surface area contributed by atoms with Crippen LogP contribution in [0.1, 0.15) is 71.8 Å². The molecule has 2 rings (SSSR count). The molecule has 0 aliphatic carbocycles. The molecular weight excluding hydrogens is 434 g/mol. The summed E-state index contributed by atoms with van der Waals surface area (Å²) in [6.45, 7) is 9.36. The third-order valence-electron chi connectivity index (χ3n) is 6.02. The number of benzene rings is 1. The van der Waals surface area contributed by atoms with Gasteiger partial charge in [0.05, 0.1) is 6.10 Å². The van der Waals surface area contributed by atoms with Gasteiger partial charge < -0.3 is 29.4 Å². The summed E-state index contributed by atoms with van der Waals surface area (Å²) >= 11 is 0. The second-order valence-corrected chi connectivity index (χ2v) is 9.05. The van der Waals surface area contributed by atoms with Crippen LogP contribution in [0.3, 0.4) is 0 Å². The van der Waals surface area contributed by atoms with E-state index in [-0.39, 0.29) is 5.91 Å². The van der Waals surface area contributed by atoms with Gasteiger partial charge in [-0.25, -0.2) is 0 Å². The Kier molecular flexibility index (Phi) is 13.7. The summed E-state index contributed by atoms with van der Waals surface area (Å²) in [6.07, 6.45) is 2.81. The second-order valence-electron chi connectivity index (χ2n) is 9.05. The molecule has 1 amide bonds. The maximum absolute atomic E-state index is 12.1. The van der Waals surface area contributed by atoms with E-state index in [1.54, 1.807) is 0 Å². The lowest BCUT2D eigenvalue weighted by Crippen LogP contribution is -2.67. The van der Waals surface area contributed by atoms with Gasteiger partial charge in [-0.15, -0.1) is 0 Å². The molecule has 1 aromatic rings. The summed E-state index contributed by atoms with van der Waals surface area (Å²) in [4.78, 5) is 12.1. The maximum atomic E-state index is 12.1. The molecule has 2 unspecified atom stereocenters. The second kappa shape index (κ2) is 16.2. The number of carbonyl (C=O) groups excluding carboxylic acids is 1. The fourth-order valence-electron chi connectivity index (χ4n) is 4.13. The van der Waals surface area contributed by atoms with E-state index < -0.39 is 36.7 Å². The molecule has 1 fully saturated rings. The van der Waals surface area contributed by atoms with E-state index in [1.807, 2.05) is 30.3 Å².